The van der Waals surface area contributed by atoms with Gasteiger partial charge in [0, 0.05) is 5.56 Å². The summed E-state index contributed by atoms with van der Waals surface area (Å²) in [5.41, 5.74) is 0.632. The highest BCUT2D eigenvalue weighted by Crippen LogP contribution is 2.33. The van der Waals surface area contributed by atoms with Gasteiger partial charge in [-0.3, -0.25) is 0 Å². The van der Waals surface area contributed by atoms with Crippen molar-refractivity contribution in [2.75, 3.05) is 0 Å². The van der Waals surface area contributed by atoms with E-state index in [9.17, 15) is 13.2 Å². The lowest BCUT2D eigenvalue weighted by molar-refractivity contribution is -0.152. The van der Waals surface area contributed by atoms with Crippen molar-refractivity contribution in [3.05, 3.63) is 48.2 Å². The van der Waals surface area contributed by atoms with Gasteiger partial charge in [-0.05, 0) is 12.1 Å². The summed E-state index contributed by atoms with van der Waals surface area (Å²) in [5, 5.41) is 0. The van der Waals surface area contributed by atoms with Crippen molar-refractivity contribution in [3.63, 3.8) is 0 Å². The van der Waals surface area contributed by atoms with Gasteiger partial charge in [0.05, 0.1) is 0 Å². The van der Waals surface area contributed by atoms with E-state index in [1.807, 2.05) is 0 Å². The molecule has 0 atom stereocenters. The van der Waals surface area contributed by atoms with Gasteiger partial charge in [0.1, 0.15) is 5.76 Å². The molecule has 0 fully saturated rings. The molecule has 1 aromatic heterocycles. The van der Waals surface area contributed by atoms with Gasteiger partial charge in [0.25, 0.3) is 0 Å². The molecule has 0 bridgehead atoms. The quantitative estimate of drug-likeness (QED) is 0.697. The minimum Gasteiger partial charge on any atom is -0.452 e. The van der Waals surface area contributed by atoms with Gasteiger partial charge < -0.3 is 4.42 Å². The Morgan fingerprint density at radius 3 is 2.07 bits per heavy atom. The van der Waals surface area contributed by atoms with E-state index in [0.717, 1.165) is 6.07 Å². The molecule has 2 rings (SSSR count). The molecular weight excluding hydrogens is 205 g/mol. The van der Waals surface area contributed by atoms with E-state index >= 15 is 0 Å². The predicted octanol–water partition coefficient (Wildman–Crippen LogP) is 3.97. The zero-order valence-corrected chi connectivity index (χ0v) is 7.58. The Balaban J connectivity index is 2.37. The molecule has 0 saturated heterocycles. The van der Waals surface area contributed by atoms with Gasteiger partial charge in [-0.25, -0.2) is 0 Å². The number of furan rings is 1. The Bertz CT molecular complexity index is 442. The summed E-state index contributed by atoms with van der Waals surface area (Å²) in [4.78, 5) is 0. The number of halogens is 3. The van der Waals surface area contributed by atoms with E-state index in [1.165, 1.54) is 6.07 Å². The van der Waals surface area contributed by atoms with E-state index in [-0.39, 0.29) is 5.76 Å². The fourth-order valence-corrected chi connectivity index (χ4v) is 1.25. The first kappa shape index (κ1) is 9.83. The molecule has 0 radical (unpaired) electrons. The third-order valence-electron chi connectivity index (χ3n) is 1.94. The average Bonchev–Trinajstić information content (AvgIpc) is 2.67. The number of hydrogen-bond acceptors (Lipinski definition) is 1. The van der Waals surface area contributed by atoms with E-state index in [0.29, 0.717) is 5.56 Å². The van der Waals surface area contributed by atoms with Crippen LogP contribution in [0.1, 0.15) is 5.76 Å². The van der Waals surface area contributed by atoms with Gasteiger partial charge in [-0.1, -0.05) is 30.3 Å². The van der Waals surface area contributed by atoms with Crippen LogP contribution >= 0.6 is 0 Å². The Hall–Kier alpha value is -1.71. The molecule has 0 aliphatic heterocycles. The van der Waals surface area contributed by atoms with E-state index in [1.54, 1.807) is 30.3 Å². The van der Waals surface area contributed by atoms with Crippen LogP contribution in [0, 0.1) is 0 Å². The minimum atomic E-state index is -4.42. The lowest BCUT2D eigenvalue weighted by Crippen LogP contribution is -2.01. The first-order chi connectivity index (χ1) is 7.07. The van der Waals surface area contributed by atoms with Crippen molar-refractivity contribution in [2.45, 2.75) is 6.18 Å². The summed E-state index contributed by atoms with van der Waals surface area (Å²) in [6, 6.07) is 10.9. The van der Waals surface area contributed by atoms with Crippen LogP contribution in [0.15, 0.2) is 46.9 Å². The topological polar surface area (TPSA) is 13.1 Å². The Kier molecular flexibility index (Phi) is 2.26. The summed E-state index contributed by atoms with van der Waals surface area (Å²) in [5.74, 6) is -0.746. The standard InChI is InChI=1S/C11H7F3O/c12-11(13,14)10-7-6-9(15-10)8-4-2-1-3-5-8/h1-7H. The van der Waals surface area contributed by atoms with Crippen LogP contribution in [-0.2, 0) is 6.18 Å². The van der Waals surface area contributed by atoms with Crippen molar-refractivity contribution >= 4 is 0 Å². The van der Waals surface area contributed by atoms with Crippen LogP contribution < -0.4 is 0 Å². The highest BCUT2D eigenvalue weighted by Gasteiger charge is 2.34. The van der Waals surface area contributed by atoms with Crippen LogP contribution in [0.2, 0.25) is 0 Å². The summed E-state index contributed by atoms with van der Waals surface area (Å²) in [6.45, 7) is 0. The van der Waals surface area contributed by atoms with Crippen LogP contribution in [0.5, 0.6) is 0 Å². The molecule has 0 unspecified atom stereocenters. The highest BCUT2D eigenvalue weighted by molar-refractivity contribution is 5.57. The van der Waals surface area contributed by atoms with Gasteiger partial charge in [-0.2, -0.15) is 13.2 Å². The van der Waals surface area contributed by atoms with E-state index in [4.69, 9.17) is 4.42 Å². The molecule has 2 aromatic rings. The molecule has 78 valence electrons. The molecule has 0 aliphatic rings. The number of benzene rings is 1. The Labute approximate surface area is 84.1 Å². The average molecular weight is 212 g/mol. The van der Waals surface area contributed by atoms with Gasteiger partial charge >= 0.3 is 6.18 Å². The second-order valence-corrected chi connectivity index (χ2v) is 3.03. The maximum absolute atomic E-state index is 12.2. The van der Waals surface area contributed by atoms with Crippen molar-refractivity contribution < 1.29 is 17.6 Å². The minimum absolute atomic E-state index is 0.225. The molecular formula is C11H7F3O. The smallest absolute Gasteiger partial charge is 0.449 e. The maximum atomic E-state index is 12.2. The van der Waals surface area contributed by atoms with Gasteiger partial charge in [0.15, 0.2) is 0 Å². The van der Waals surface area contributed by atoms with Crippen molar-refractivity contribution in [1.29, 1.82) is 0 Å². The SMILES string of the molecule is FC(F)(F)c1ccc(-c2ccccc2)o1. The number of hydrogen-bond donors (Lipinski definition) is 0. The second-order valence-electron chi connectivity index (χ2n) is 3.03. The molecule has 1 heterocycles. The molecule has 0 N–H and O–H groups in total. The number of alkyl halides is 3. The fourth-order valence-electron chi connectivity index (χ4n) is 1.25. The lowest BCUT2D eigenvalue weighted by atomic mass is 10.2. The van der Waals surface area contributed by atoms with Gasteiger partial charge in [-0.15, -0.1) is 0 Å². The first-order valence-corrected chi connectivity index (χ1v) is 4.30. The first-order valence-electron chi connectivity index (χ1n) is 4.30. The third-order valence-corrected chi connectivity index (χ3v) is 1.94. The molecule has 0 amide bonds. The number of rotatable bonds is 1. The van der Waals surface area contributed by atoms with Crippen molar-refractivity contribution in [1.82, 2.24) is 0 Å². The zero-order valence-electron chi connectivity index (χ0n) is 7.58. The molecule has 0 aliphatic carbocycles. The summed E-state index contributed by atoms with van der Waals surface area (Å²) in [6.07, 6.45) is -4.42. The normalized spacial score (nSPS) is 11.7. The largest absolute Gasteiger partial charge is 0.452 e. The molecule has 1 aromatic carbocycles. The van der Waals surface area contributed by atoms with Crippen molar-refractivity contribution in [3.8, 4) is 11.3 Å². The lowest BCUT2D eigenvalue weighted by Gasteiger charge is -2.01. The monoisotopic (exact) mass is 212 g/mol. The van der Waals surface area contributed by atoms with Crippen LogP contribution in [-0.4, -0.2) is 0 Å². The Morgan fingerprint density at radius 2 is 1.53 bits per heavy atom. The van der Waals surface area contributed by atoms with Crippen LogP contribution in [0.3, 0.4) is 0 Å². The summed E-state index contributed by atoms with van der Waals surface area (Å²) < 4.78 is 41.4. The third kappa shape index (κ3) is 2.03. The zero-order chi connectivity index (χ0) is 10.9. The molecule has 0 saturated carbocycles. The van der Waals surface area contributed by atoms with E-state index in [2.05, 4.69) is 0 Å². The molecule has 0 spiro atoms. The summed E-state index contributed by atoms with van der Waals surface area (Å²) in [7, 11) is 0. The maximum Gasteiger partial charge on any atom is 0.449 e. The fraction of sp³-hybridized carbons (Fsp3) is 0.0909. The summed E-state index contributed by atoms with van der Waals surface area (Å²) >= 11 is 0. The Morgan fingerprint density at radius 1 is 0.867 bits per heavy atom. The van der Waals surface area contributed by atoms with E-state index < -0.39 is 11.9 Å². The van der Waals surface area contributed by atoms with Crippen LogP contribution in [0.4, 0.5) is 13.2 Å². The molecule has 4 heteroatoms. The van der Waals surface area contributed by atoms with Gasteiger partial charge in [0.2, 0.25) is 5.76 Å². The second kappa shape index (κ2) is 3.46. The molecule has 1 nitrogen and oxygen atoms in total. The highest BCUT2D eigenvalue weighted by atomic mass is 19.4. The predicted molar refractivity (Wildman–Crippen MR) is 49.1 cm³/mol. The molecule has 15 heavy (non-hydrogen) atoms. The van der Waals surface area contributed by atoms with Crippen molar-refractivity contribution in [2.24, 2.45) is 0 Å². The van der Waals surface area contributed by atoms with Crippen LogP contribution in [0.25, 0.3) is 11.3 Å².